The molecular weight excluding hydrogens is 312 g/mol. The van der Waals surface area contributed by atoms with Crippen LogP contribution < -0.4 is 0 Å². The summed E-state index contributed by atoms with van der Waals surface area (Å²) in [7, 11) is 0. The summed E-state index contributed by atoms with van der Waals surface area (Å²) in [6.07, 6.45) is 1.63. The van der Waals surface area contributed by atoms with E-state index in [1.807, 2.05) is 13.8 Å². The molecule has 0 N–H and O–H groups in total. The van der Waals surface area contributed by atoms with E-state index in [0.717, 1.165) is 0 Å². The molecule has 0 unspecified atom stereocenters. The summed E-state index contributed by atoms with van der Waals surface area (Å²) < 4.78 is 0.540. The Bertz CT molecular complexity index is 515. The van der Waals surface area contributed by atoms with Gasteiger partial charge in [-0.1, -0.05) is 6.08 Å². The molecule has 102 valence electrons. The maximum Gasteiger partial charge on any atom is 0.270 e. The van der Waals surface area contributed by atoms with Crippen LogP contribution in [-0.2, 0) is 0 Å². The number of carbonyl (C=O) groups excluding carboxylic acids is 1. The fourth-order valence-electron chi connectivity index (χ4n) is 1.61. The molecular formula is C13H15BrN2O3. The van der Waals surface area contributed by atoms with Crippen LogP contribution >= 0.6 is 15.9 Å². The average Bonchev–Trinajstić information content (AvgIpc) is 2.35. The average molecular weight is 327 g/mol. The maximum atomic E-state index is 12.4. The van der Waals surface area contributed by atoms with Crippen molar-refractivity contribution in [2.24, 2.45) is 0 Å². The van der Waals surface area contributed by atoms with E-state index in [1.54, 1.807) is 11.0 Å². The molecule has 0 saturated heterocycles. The molecule has 1 amide bonds. The summed E-state index contributed by atoms with van der Waals surface area (Å²) in [4.78, 5) is 24.2. The summed E-state index contributed by atoms with van der Waals surface area (Å²) in [5.41, 5.74) is 0.179. The zero-order valence-electron chi connectivity index (χ0n) is 10.8. The largest absolute Gasteiger partial charge is 0.332 e. The Morgan fingerprint density at radius 1 is 1.58 bits per heavy atom. The standard InChI is InChI=1S/C13H15BrN2O3/c1-4-7-15(9(2)3)13(17)11-8-10(16(18)19)5-6-12(11)14/h4-6,8-9H,1,7H2,2-3H3. The first-order valence-corrected chi connectivity index (χ1v) is 6.53. The molecule has 0 atom stereocenters. The van der Waals surface area contributed by atoms with Gasteiger partial charge in [-0.3, -0.25) is 14.9 Å². The van der Waals surface area contributed by atoms with Crippen LogP contribution in [0.25, 0.3) is 0 Å². The lowest BCUT2D eigenvalue weighted by Gasteiger charge is -2.25. The number of amides is 1. The van der Waals surface area contributed by atoms with E-state index in [4.69, 9.17) is 0 Å². The molecule has 0 radical (unpaired) electrons. The van der Waals surface area contributed by atoms with Crippen molar-refractivity contribution >= 4 is 27.5 Å². The minimum atomic E-state index is -0.517. The number of halogens is 1. The van der Waals surface area contributed by atoms with Crippen LogP contribution in [0.5, 0.6) is 0 Å². The number of non-ortho nitro benzene ring substituents is 1. The van der Waals surface area contributed by atoms with E-state index in [0.29, 0.717) is 11.0 Å². The molecule has 0 aliphatic carbocycles. The second kappa shape index (κ2) is 6.47. The van der Waals surface area contributed by atoms with Crippen molar-refractivity contribution in [2.75, 3.05) is 6.54 Å². The summed E-state index contributed by atoms with van der Waals surface area (Å²) in [5.74, 6) is -0.259. The van der Waals surface area contributed by atoms with Crippen LogP contribution in [-0.4, -0.2) is 28.3 Å². The minimum absolute atomic E-state index is 0.0170. The van der Waals surface area contributed by atoms with Gasteiger partial charge in [0, 0.05) is 29.2 Å². The van der Waals surface area contributed by atoms with Gasteiger partial charge in [0.05, 0.1) is 10.5 Å². The third kappa shape index (κ3) is 3.64. The molecule has 5 nitrogen and oxygen atoms in total. The van der Waals surface area contributed by atoms with Gasteiger partial charge in [0.15, 0.2) is 0 Å². The number of hydrogen-bond donors (Lipinski definition) is 0. The van der Waals surface area contributed by atoms with Crippen LogP contribution in [0, 0.1) is 10.1 Å². The van der Waals surface area contributed by atoms with Gasteiger partial charge in [-0.15, -0.1) is 6.58 Å². The zero-order chi connectivity index (χ0) is 14.6. The first-order chi connectivity index (χ1) is 8.88. The Morgan fingerprint density at radius 2 is 2.21 bits per heavy atom. The highest BCUT2D eigenvalue weighted by molar-refractivity contribution is 9.10. The zero-order valence-corrected chi connectivity index (χ0v) is 12.4. The Morgan fingerprint density at radius 3 is 2.68 bits per heavy atom. The fourth-order valence-corrected chi connectivity index (χ4v) is 2.03. The summed E-state index contributed by atoms with van der Waals surface area (Å²) in [6, 6.07) is 4.13. The second-order valence-electron chi connectivity index (χ2n) is 4.26. The molecule has 0 spiro atoms. The number of nitro groups is 1. The lowest BCUT2D eigenvalue weighted by Crippen LogP contribution is -2.37. The molecule has 0 aliphatic rings. The third-order valence-electron chi connectivity index (χ3n) is 2.60. The number of carbonyl (C=O) groups is 1. The van der Waals surface area contributed by atoms with Gasteiger partial charge in [-0.25, -0.2) is 0 Å². The summed E-state index contributed by atoms with van der Waals surface area (Å²) in [5, 5.41) is 10.8. The molecule has 0 aliphatic heterocycles. The van der Waals surface area contributed by atoms with Crippen LogP contribution in [0.1, 0.15) is 24.2 Å². The molecule has 6 heteroatoms. The first kappa shape index (κ1) is 15.4. The first-order valence-electron chi connectivity index (χ1n) is 5.74. The summed E-state index contributed by atoms with van der Waals surface area (Å²) >= 11 is 3.25. The highest BCUT2D eigenvalue weighted by Gasteiger charge is 2.22. The highest BCUT2D eigenvalue weighted by atomic mass is 79.9. The highest BCUT2D eigenvalue weighted by Crippen LogP contribution is 2.24. The quantitative estimate of drug-likeness (QED) is 0.473. The van der Waals surface area contributed by atoms with Crippen molar-refractivity contribution < 1.29 is 9.72 Å². The lowest BCUT2D eigenvalue weighted by atomic mass is 10.1. The van der Waals surface area contributed by atoms with E-state index >= 15 is 0 Å². The second-order valence-corrected chi connectivity index (χ2v) is 5.12. The van der Waals surface area contributed by atoms with E-state index in [9.17, 15) is 14.9 Å². The maximum absolute atomic E-state index is 12.4. The van der Waals surface area contributed by atoms with Gasteiger partial charge in [0.1, 0.15) is 0 Å². The molecule has 1 aromatic rings. The number of nitro benzene ring substituents is 1. The van der Waals surface area contributed by atoms with Crippen molar-refractivity contribution in [3.8, 4) is 0 Å². The molecule has 19 heavy (non-hydrogen) atoms. The van der Waals surface area contributed by atoms with E-state index in [-0.39, 0.29) is 23.2 Å². The van der Waals surface area contributed by atoms with Crippen molar-refractivity contribution in [1.29, 1.82) is 0 Å². The van der Waals surface area contributed by atoms with Crippen molar-refractivity contribution in [3.05, 3.63) is 51.0 Å². The lowest BCUT2D eigenvalue weighted by molar-refractivity contribution is -0.384. The normalized spacial score (nSPS) is 10.3. The number of benzene rings is 1. The molecule has 0 saturated carbocycles. The number of nitrogens with zero attached hydrogens (tertiary/aromatic N) is 2. The Hall–Kier alpha value is -1.69. The van der Waals surface area contributed by atoms with E-state index in [1.165, 1.54) is 18.2 Å². The van der Waals surface area contributed by atoms with Gasteiger partial charge < -0.3 is 4.90 Å². The molecule has 0 heterocycles. The molecule has 1 aromatic carbocycles. The fraction of sp³-hybridized carbons (Fsp3) is 0.308. The Balaban J connectivity index is 3.19. The van der Waals surface area contributed by atoms with Gasteiger partial charge in [-0.2, -0.15) is 0 Å². The monoisotopic (exact) mass is 326 g/mol. The Kier molecular flexibility index (Phi) is 5.23. The van der Waals surface area contributed by atoms with Gasteiger partial charge in [-0.05, 0) is 35.8 Å². The van der Waals surface area contributed by atoms with Gasteiger partial charge >= 0.3 is 0 Å². The molecule has 0 fully saturated rings. The van der Waals surface area contributed by atoms with E-state index < -0.39 is 4.92 Å². The van der Waals surface area contributed by atoms with Gasteiger partial charge in [0.2, 0.25) is 0 Å². The van der Waals surface area contributed by atoms with Crippen LogP contribution in [0.2, 0.25) is 0 Å². The summed E-state index contributed by atoms with van der Waals surface area (Å²) in [6.45, 7) is 7.77. The van der Waals surface area contributed by atoms with Gasteiger partial charge in [0.25, 0.3) is 11.6 Å². The molecule has 1 rings (SSSR count). The van der Waals surface area contributed by atoms with Crippen LogP contribution in [0.4, 0.5) is 5.69 Å². The number of hydrogen-bond acceptors (Lipinski definition) is 3. The minimum Gasteiger partial charge on any atom is -0.332 e. The van der Waals surface area contributed by atoms with Crippen molar-refractivity contribution in [3.63, 3.8) is 0 Å². The Labute approximate surface area is 120 Å². The smallest absolute Gasteiger partial charge is 0.270 e. The van der Waals surface area contributed by atoms with Crippen LogP contribution in [0.3, 0.4) is 0 Å². The van der Waals surface area contributed by atoms with Crippen molar-refractivity contribution in [1.82, 2.24) is 4.90 Å². The molecule has 0 aromatic heterocycles. The SMILES string of the molecule is C=CCN(C(=O)c1cc([N+](=O)[O-])ccc1Br)C(C)C. The number of rotatable bonds is 5. The predicted octanol–water partition coefficient (Wildman–Crippen LogP) is 3.39. The topological polar surface area (TPSA) is 63.5 Å². The predicted molar refractivity (Wildman–Crippen MR) is 77.2 cm³/mol. The van der Waals surface area contributed by atoms with Crippen molar-refractivity contribution in [2.45, 2.75) is 19.9 Å². The third-order valence-corrected chi connectivity index (χ3v) is 3.29. The van der Waals surface area contributed by atoms with E-state index in [2.05, 4.69) is 22.5 Å². The molecule has 0 bridgehead atoms. The van der Waals surface area contributed by atoms with Crippen LogP contribution in [0.15, 0.2) is 35.3 Å².